The SMILES string of the molecule is Nc1ccc(Cn2c(=O)c(Cc3cccs3)nn3cnnc23)cc1. The lowest BCUT2D eigenvalue weighted by atomic mass is 10.2. The van der Waals surface area contributed by atoms with E-state index in [1.165, 1.54) is 6.33 Å². The van der Waals surface area contributed by atoms with Crippen LogP contribution in [-0.2, 0) is 13.0 Å². The van der Waals surface area contributed by atoms with Gasteiger partial charge < -0.3 is 5.73 Å². The molecular formula is C16H14N6OS. The molecule has 3 aromatic heterocycles. The summed E-state index contributed by atoms with van der Waals surface area (Å²) in [5, 5.41) is 14.2. The number of rotatable bonds is 4. The van der Waals surface area contributed by atoms with Gasteiger partial charge in [0.2, 0.25) is 0 Å². The van der Waals surface area contributed by atoms with E-state index in [1.54, 1.807) is 20.4 Å². The molecule has 0 saturated heterocycles. The first-order valence-electron chi connectivity index (χ1n) is 7.37. The molecule has 0 atom stereocenters. The molecule has 0 radical (unpaired) electrons. The van der Waals surface area contributed by atoms with Gasteiger partial charge in [-0.25, -0.2) is 0 Å². The van der Waals surface area contributed by atoms with Crippen LogP contribution in [0.1, 0.15) is 16.1 Å². The molecule has 120 valence electrons. The fourth-order valence-electron chi connectivity index (χ4n) is 2.53. The molecule has 1 aromatic carbocycles. The number of anilines is 1. The molecule has 4 aromatic rings. The summed E-state index contributed by atoms with van der Waals surface area (Å²) in [5.74, 6) is 0.423. The molecule has 0 saturated carbocycles. The van der Waals surface area contributed by atoms with Gasteiger partial charge in [0.15, 0.2) is 0 Å². The number of nitrogens with two attached hydrogens (primary N) is 1. The van der Waals surface area contributed by atoms with Crippen LogP contribution in [-0.4, -0.2) is 24.4 Å². The molecule has 0 bridgehead atoms. The molecule has 4 rings (SSSR count). The lowest BCUT2D eigenvalue weighted by Gasteiger charge is -2.09. The first kappa shape index (κ1) is 14.6. The maximum Gasteiger partial charge on any atom is 0.277 e. The molecule has 0 unspecified atom stereocenters. The zero-order chi connectivity index (χ0) is 16.5. The Hall–Kier alpha value is -3.00. The van der Waals surface area contributed by atoms with Gasteiger partial charge in [-0.3, -0.25) is 9.36 Å². The van der Waals surface area contributed by atoms with Crippen LogP contribution in [0.15, 0.2) is 52.9 Å². The lowest BCUT2D eigenvalue weighted by molar-refractivity contribution is 0.693. The van der Waals surface area contributed by atoms with Crippen molar-refractivity contribution >= 4 is 22.8 Å². The maximum atomic E-state index is 12.9. The first-order chi connectivity index (χ1) is 11.7. The fraction of sp³-hybridized carbons (Fsp3) is 0.125. The zero-order valence-corrected chi connectivity index (χ0v) is 13.5. The van der Waals surface area contributed by atoms with E-state index in [4.69, 9.17) is 5.73 Å². The van der Waals surface area contributed by atoms with Crippen molar-refractivity contribution in [2.75, 3.05) is 5.73 Å². The van der Waals surface area contributed by atoms with E-state index < -0.39 is 0 Å². The first-order valence-corrected chi connectivity index (χ1v) is 8.25. The van der Waals surface area contributed by atoms with Crippen LogP contribution in [0.2, 0.25) is 0 Å². The number of aromatic nitrogens is 5. The molecule has 0 aliphatic heterocycles. The molecule has 0 aliphatic carbocycles. The van der Waals surface area contributed by atoms with Crippen LogP contribution >= 0.6 is 11.3 Å². The lowest BCUT2D eigenvalue weighted by Crippen LogP contribution is -2.28. The number of hydrogen-bond acceptors (Lipinski definition) is 6. The summed E-state index contributed by atoms with van der Waals surface area (Å²) < 4.78 is 3.14. The Kier molecular flexibility index (Phi) is 3.58. The molecule has 7 nitrogen and oxygen atoms in total. The Bertz CT molecular complexity index is 1030. The highest BCUT2D eigenvalue weighted by atomic mass is 32.1. The number of nitrogens with zero attached hydrogens (tertiary/aromatic N) is 5. The molecule has 2 N–H and O–H groups in total. The van der Waals surface area contributed by atoms with Crippen LogP contribution < -0.4 is 11.3 Å². The molecule has 0 fully saturated rings. The van der Waals surface area contributed by atoms with Gasteiger partial charge in [-0.1, -0.05) is 18.2 Å². The van der Waals surface area contributed by atoms with E-state index in [-0.39, 0.29) is 5.56 Å². The molecule has 24 heavy (non-hydrogen) atoms. The van der Waals surface area contributed by atoms with Gasteiger partial charge in [-0.2, -0.15) is 9.61 Å². The van der Waals surface area contributed by atoms with Crippen LogP contribution in [0, 0.1) is 0 Å². The standard InChI is InChI=1S/C16H14N6OS/c17-12-5-3-11(4-6-12)9-21-15(23)14(8-13-2-1-7-24-13)20-22-10-18-19-16(21)22/h1-7,10H,8-9,17H2. The fourth-order valence-corrected chi connectivity index (χ4v) is 3.24. The number of nitrogen functional groups attached to an aromatic ring is 1. The summed E-state index contributed by atoms with van der Waals surface area (Å²) in [6.07, 6.45) is 2.00. The topological polar surface area (TPSA) is 91.1 Å². The molecule has 3 heterocycles. The minimum absolute atomic E-state index is 0.152. The summed E-state index contributed by atoms with van der Waals surface area (Å²) in [4.78, 5) is 14.0. The summed E-state index contributed by atoms with van der Waals surface area (Å²) in [6, 6.07) is 11.4. The van der Waals surface area contributed by atoms with E-state index in [9.17, 15) is 4.79 Å². The van der Waals surface area contributed by atoms with Gasteiger partial charge in [0.25, 0.3) is 11.3 Å². The Labute approximate surface area is 141 Å². The largest absolute Gasteiger partial charge is 0.399 e. The van der Waals surface area contributed by atoms with E-state index in [2.05, 4.69) is 15.3 Å². The van der Waals surface area contributed by atoms with Crippen molar-refractivity contribution < 1.29 is 0 Å². The van der Waals surface area contributed by atoms with Crippen LogP contribution in [0.4, 0.5) is 5.69 Å². The van der Waals surface area contributed by atoms with E-state index >= 15 is 0 Å². The molecule has 0 aliphatic rings. The van der Waals surface area contributed by atoms with Crippen molar-refractivity contribution in [3.8, 4) is 0 Å². The minimum atomic E-state index is -0.152. The van der Waals surface area contributed by atoms with Gasteiger partial charge in [0, 0.05) is 17.0 Å². The third-order valence-electron chi connectivity index (χ3n) is 3.72. The highest BCUT2D eigenvalue weighted by Crippen LogP contribution is 2.12. The predicted octanol–water partition coefficient (Wildman–Crippen LogP) is 1.57. The Morgan fingerprint density at radius 1 is 1.17 bits per heavy atom. The van der Waals surface area contributed by atoms with E-state index in [1.807, 2.05) is 41.8 Å². The summed E-state index contributed by atoms with van der Waals surface area (Å²) >= 11 is 1.60. The quantitative estimate of drug-likeness (QED) is 0.570. The number of benzene rings is 1. The van der Waals surface area contributed by atoms with Crippen molar-refractivity contribution in [2.45, 2.75) is 13.0 Å². The number of fused-ring (bicyclic) bond motifs is 1. The average Bonchev–Trinajstić information content (AvgIpc) is 3.25. The predicted molar refractivity (Wildman–Crippen MR) is 92.1 cm³/mol. The average molecular weight is 338 g/mol. The molecule has 8 heteroatoms. The highest BCUT2D eigenvalue weighted by Gasteiger charge is 2.14. The van der Waals surface area contributed by atoms with Crippen molar-refractivity contribution in [1.82, 2.24) is 24.4 Å². The smallest absolute Gasteiger partial charge is 0.277 e. The Morgan fingerprint density at radius 3 is 2.75 bits per heavy atom. The normalized spacial score (nSPS) is 11.2. The van der Waals surface area contributed by atoms with Crippen molar-refractivity contribution in [3.05, 3.63) is 74.6 Å². The van der Waals surface area contributed by atoms with Crippen molar-refractivity contribution in [3.63, 3.8) is 0 Å². The zero-order valence-electron chi connectivity index (χ0n) is 12.7. The molecule has 0 spiro atoms. The van der Waals surface area contributed by atoms with Crippen LogP contribution in [0.5, 0.6) is 0 Å². The highest BCUT2D eigenvalue weighted by molar-refractivity contribution is 7.09. The van der Waals surface area contributed by atoms with Gasteiger partial charge >= 0.3 is 0 Å². The van der Waals surface area contributed by atoms with Gasteiger partial charge in [-0.05, 0) is 29.1 Å². The van der Waals surface area contributed by atoms with Gasteiger partial charge in [0.05, 0.1) is 6.54 Å². The number of thiophene rings is 1. The Balaban J connectivity index is 1.80. The third-order valence-corrected chi connectivity index (χ3v) is 4.59. The van der Waals surface area contributed by atoms with E-state index in [0.717, 1.165) is 10.4 Å². The second-order valence-corrected chi connectivity index (χ2v) is 6.44. The minimum Gasteiger partial charge on any atom is -0.399 e. The van der Waals surface area contributed by atoms with E-state index in [0.29, 0.717) is 30.1 Å². The Morgan fingerprint density at radius 2 is 2.00 bits per heavy atom. The van der Waals surface area contributed by atoms with Crippen molar-refractivity contribution in [2.24, 2.45) is 0 Å². The third kappa shape index (κ3) is 2.67. The second-order valence-electron chi connectivity index (χ2n) is 5.41. The summed E-state index contributed by atoms with van der Waals surface area (Å²) in [5.41, 5.74) is 7.69. The van der Waals surface area contributed by atoms with Crippen molar-refractivity contribution in [1.29, 1.82) is 0 Å². The van der Waals surface area contributed by atoms with Crippen LogP contribution in [0.25, 0.3) is 5.78 Å². The summed E-state index contributed by atoms with van der Waals surface area (Å²) in [6.45, 7) is 0.390. The molecule has 0 amide bonds. The number of hydrogen-bond donors (Lipinski definition) is 1. The molecular weight excluding hydrogens is 324 g/mol. The monoisotopic (exact) mass is 338 g/mol. The second kappa shape index (κ2) is 5.89. The van der Waals surface area contributed by atoms with Crippen LogP contribution in [0.3, 0.4) is 0 Å². The maximum absolute atomic E-state index is 12.9. The summed E-state index contributed by atoms with van der Waals surface area (Å²) in [7, 11) is 0. The van der Waals surface area contributed by atoms with Gasteiger partial charge in [0.1, 0.15) is 12.0 Å². The van der Waals surface area contributed by atoms with Gasteiger partial charge in [-0.15, -0.1) is 21.5 Å².